The molecule has 1 amide bonds. The van der Waals surface area contributed by atoms with Gasteiger partial charge in [0.15, 0.2) is 5.82 Å². The van der Waals surface area contributed by atoms with Crippen LogP contribution in [-0.4, -0.2) is 15.9 Å². The lowest BCUT2D eigenvalue weighted by Crippen LogP contribution is -2.17. The number of benzene rings is 1. The summed E-state index contributed by atoms with van der Waals surface area (Å²) in [6.07, 6.45) is 3.67. The molecule has 2 aromatic rings. The number of para-hydroxylation sites is 1. The largest absolute Gasteiger partial charge is 0.320 e. The maximum atomic E-state index is 12.1. The first-order valence-electron chi connectivity index (χ1n) is 5.92. The summed E-state index contributed by atoms with van der Waals surface area (Å²) in [7, 11) is 0. The second-order valence-corrected chi connectivity index (χ2v) is 3.90. The van der Waals surface area contributed by atoms with Gasteiger partial charge in [-0.3, -0.25) is 9.78 Å². The molecule has 1 heterocycles. The van der Waals surface area contributed by atoms with Crippen molar-refractivity contribution in [3.8, 4) is 0 Å². The van der Waals surface area contributed by atoms with Crippen LogP contribution < -0.4 is 16.6 Å². The van der Waals surface area contributed by atoms with E-state index in [1.54, 1.807) is 0 Å². The van der Waals surface area contributed by atoms with Crippen molar-refractivity contribution < 1.29 is 4.79 Å². The van der Waals surface area contributed by atoms with Crippen molar-refractivity contribution in [2.45, 2.75) is 13.3 Å². The number of hydrazine groups is 1. The summed E-state index contributed by atoms with van der Waals surface area (Å²) >= 11 is 0. The first kappa shape index (κ1) is 13.0. The van der Waals surface area contributed by atoms with E-state index in [2.05, 4.69) is 20.7 Å². The van der Waals surface area contributed by atoms with Crippen molar-refractivity contribution in [2.24, 2.45) is 5.84 Å². The third-order valence-electron chi connectivity index (χ3n) is 2.66. The standard InChI is InChI=1S/C13H15N5O/c1-2-9-5-3-4-6-10(9)17-13(19)11-7-15-8-12(16-11)18-14/h3-8H,2,14H2,1H3,(H,16,18)(H,17,19). The van der Waals surface area contributed by atoms with Gasteiger partial charge in [0.25, 0.3) is 5.91 Å². The second kappa shape index (κ2) is 5.92. The van der Waals surface area contributed by atoms with Crippen LogP contribution in [0.1, 0.15) is 23.0 Å². The van der Waals surface area contributed by atoms with Crippen LogP contribution in [0.15, 0.2) is 36.7 Å². The van der Waals surface area contributed by atoms with Gasteiger partial charge in [-0.2, -0.15) is 0 Å². The summed E-state index contributed by atoms with van der Waals surface area (Å²) in [5.74, 6) is 5.26. The quantitative estimate of drug-likeness (QED) is 0.571. The molecule has 0 aliphatic rings. The minimum Gasteiger partial charge on any atom is -0.320 e. The number of nitrogens with two attached hydrogens (primary N) is 1. The van der Waals surface area contributed by atoms with Gasteiger partial charge in [0.05, 0.1) is 12.4 Å². The molecule has 2 rings (SSSR count). The molecule has 0 saturated carbocycles. The molecule has 0 aliphatic heterocycles. The molecular weight excluding hydrogens is 242 g/mol. The van der Waals surface area contributed by atoms with Crippen LogP contribution in [0.2, 0.25) is 0 Å². The van der Waals surface area contributed by atoms with Crippen LogP contribution in [-0.2, 0) is 6.42 Å². The summed E-state index contributed by atoms with van der Waals surface area (Å²) in [5.41, 5.74) is 4.41. The van der Waals surface area contributed by atoms with Crippen molar-refractivity contribution in [3.05, 3.63) is 47.9 Å². The fourth-order valence-electron chi connectivity index (χ4n) is 1.68. The van der Waals surface area contributed by atoms with Gasteiger partial charge < -0.3 is 10.7 Å². The molecule has 1 aromatic carbocycles. The Morgan fingerprint density at radius 1 is 1.32 bits per heavy atom. The Morgan fingerprint density at radius 3 is 2.84 bits per heavy atom. The van der Waals surface area contributed by atoms with Crippen molar-refractivity contribution in [1.82, 2.24) is 9.97 Å². The Bertz CT molecular complexity index is 585. The maximum absolute atomic E-state index is 12.1. The van der Waals surface area contributed by atoms with E-state index in [9.17, 15) is 4.79 Å². The number of nitrogens with zero attached hydrogens (tertiary/aromatic N) is 2. The Balaban J connectivity index is 2.20. The van der Waals surface area contributed by atoms with Gasteiger partial charge in [-0.05, 0) is 18.1 Å². The highest BCUT2D eigenvalue weighted by Gasteiger charge is 2.10. The fraction of sp³-hybridized carbons (Fsp3) is 0.154. The highest BCUT2D eigenvalue weighted by molar-refractivity contribution is 6.03. The van der Waals surface area contributed by atoms with Gasteiger partial charge in [0.1, 0.15) is 5.69 Å². The summed E-state index contributed by atoms with van der Waals surface area (Å²) < 4.78 is 0. The molecule has 19 heavy (non-hydrogen) atoms. The number of anilines is 2. The van der Waals surface area contributed by atoms with E-state index >= 15 is 0 Å². The molecule has 4 N–H and O–H groups in total. The predicted octanol–water partition coefficient (Wildman–Crippen LogP) is 1.58. The summed E-state index contributed by atoms with van der Waals surface area (Å²) in [6, 6.07) is 7.64. The van der Waals surface area contributed by atoms with E-state index in [1.165, 1.54) is 12.4 Å². The SMILES string of the molecule is CCc1ccccc1NC(=O)c1cncc(NN)n1. The molecule has 0 unspecified atom stereocenters. The number of nitrogen functional groups attached to an aromatic ring is 1. The Hall–Kier alpha value is -2.47. The lowest BCUT2D eigenvalue weighted by molar-refractivity contribution is 0.102. The first-order chi connectivity index (χ1) is 9.24. The predicted molar refractivity (Wildman–Crippen MR) is 73.6 cm³/mol. The summed E-state index contributed by atoms with van der Waals surface area (Å²) in [5, 5.41) is 2.82. The smallest absolute Gasteiger partial charge is 0.275 e. The van der Waals surface area contributed by atoms with E-state index in [0.717, 1.165) is 17.7 Å². The van der Waals surface area contributed by atoms with Crippen molar-refractivity contribution in [1.29, 1.82) is 0 Å². The zero-order chi connectivity index (χ0) is 13.7. The highest BCUT2D eigenvalue weighted by Crippen LogP contribution is 2.16. The molecule has 6 heteroatoms. The second-order valence-electron chi connectivity index (χ2n) is 3.90. The Kier molecular flexibility index (Phi) is 4.04. The van der Waals surface area contributed by atoms with Crippen LogP contribution in [0.4, 0.5) is 11.5 Å². The normalized spacial score (nSPS) is 10.0. The zero-order valence-corrected chi connectivity index (χ0v) is 10.6. The molecule has 0 radical (unpaired) electrons. The molecule has 0 spiro atoms. The van der Waals surface area contributed by atoms with Gasteiger partial charge in [0, 0.05) is 5.69 Å². The van der Waals surface area contributed by atoms with Crippen molar-refractivity contribution in [3.63, 3.8) is 0 Å². The Labute approximate surface area is 111 Å². The molecule has 0 bridgehead atoms. The van der Waals surface area contributed by atoms with Crippen LogP contribution in [0.3, 0.4) is 0 Å². The van der Waals surface area contributed by atoms with Crippen LogP contribution >= 0.6 is 0 Å². The van der Waals surface area contributed by atoms with E-state index in [1.807, 2.05) is 31.2 Å². The highest BCUT2D eigenvalue weighted by atomic mass is 16.1. The number of amides is 1. The van der Waals surface area contributed by atoms with Gasteiger partial charge in [-0.1, -0.05) is 25.1 Å². The fourth-order valence-corrected chi connectivity index (χ4v) is 1.68. The van der Waals surface area contributed by atoms with E-state index in [4.69, 9.17) is 5.84 Å². The number of carbonyl (C=O) groups is 1. The average molecular weight is 257 g/mol. The molecule has 6 nitrogen and oxygen atoms in total. The van der Waals surface area contributed by atoms with Crippen LogP contribution in [0.25, 0.3) is 0 Å². The van der Waals surface area contributed by atoms with E-state index in [-0.39, 0.29) is 11.6 Å². The topological polar surface area (TPSA) is 92.9 Å². The number of aryl methyl sites for hydroxylation is 1. The third-order valence-corrected chi connectivity index (χ3v) is 2.66. The van der Waals surface area contributed by atoms with Gasteiger partial charge in [-0.15, -0.1) is 0 Å². The zero-order valence-electron chi connectivity index (χ0n) is 10.6. The van der Waals surface area contributed by atoms with Gasteiger partial charge in [0.2, 0.25) is 0 Å². The number of nitrogens with one attached hydrogen (secondary N) is 2. The van der Waals surface area contributed by atoms with Crippen LogP contribution in [0.5, 0.6) is 0 Å². The third kappa shape index (κ3) is 3.05. The van der Waals surface area contributed by atoms with Gasteiger partial charge in [-0.25, -0.2) is 10.8 Å². The molecule has 0 saturated heterocycles. The Morgan fingerprint density at radius 2 is 2.11 bits per heavy atom. The number of hydrogen-bond donors (Lipinski definition) is 3. The minimum absolute atomic E-state index is 0.210. The van der Waals surface area contributed by atoms with Crippen molar-refractivity contribution in [2.75, 3.05) is 10.7 Å². The number of rotatable bonds is 4. The van der Waals surface area contributed by atoms with Crippen LogP contribution in [0, 0.1) is 0 Å². The summed E-state index contributed by atoms with van der Waals surface area (Å²) in [6.45, 7) is 2.03. The monoisotopic (exact) mass is 257 g/mol. The van der Waals surface area contributed by atoms with E-state index in [0.29, 0.717) is 5.82 Å². The lowest BCUT2D eigenvalue weighted by Gasteiger charge is -2.09. The average Bonchev–Trinajstić information content (AvgIpc) is 2.47. The number of carbonyl (C=O) groups excluding carboxylic acids is 1. The lowest BCUT2D eigenvalue weighted by atomic mass is 10.1. The molecule has 0 fully saturated rings. The minimum atomic E-state index is -0.314. The van der Waals surface area contributed by atoms with Gasteiger partial charge >= 0.3 is 0 Å². The molecule has 0 aliphatic carbocycles. The number of hydrogen-bond acceptors (Lipinski definition) is 5. The maximum Gasteiger partial charge on any atom is 0.275 e. The molecule has 98 valence electrons. The summed E-state index contributed by atoms with van der Waals surface area (Å²) in [4.78, 5) is 20.0. The van der Waals surface area contributed by atoms with E-state index < -0.39 is 0 Å². The molecular formula is C13H15N5O. The number of aromatic nitrogens is 2. The first-order valence-corrected chi connectivity index (χ1v) is 5.92. The van der Waals surface area contributed by atoms with Crippen molar-refractivity contribution >= 4 is 17.4 Å². The molecule has 1 aromatic heterocycles. The molecule has 0 atom stereocenters.